The molecule has 0 spiro atoms. The van der Waals surface area contributed by atoms with Crippen LogP contribution in [0.5, 0.6) is 0 Å². The zero-order valence-electron chi connectivity index (χ0n) is 8.46. The number of rotatable bonds is 3. The van der Waals surface area contributed by atoms with E-state index in [1.54, 1.807) is 18.7 Å². The Kier molecular flexibility index (Phi) is 3.11. The molecule has 1 saturated heterocycles. The summed E-state index contributed by atoms with van der Waals surface area (Å²) in [5.74, 6) is -0.225. The van der Waals surface area contributed by atoms with Crippen LogP contribution in [0.4, 0.5) is 4.79 Å². The minimum absolute atomic E-state index is 0.139. The minimum atomic E-state index is -0.290. The van der Waals surface area contributed by atoms with Crippen molar-refractivity contribution in [3.05, 3.63) is 12.2 Å². The van der Waals surface area contributed by atoms with Gasteiger partial charge in [-0.3, -0.25) is 4.79 Å². The average molecular weight is 197 g/mol. The van der Waals surface area contributed by atoms with E-state index in [0.717, 1.165) is 0 Å². The second kappa shape index (κ2) is 4.13. The molecule has 1 aliphatic heterocycles. The van der Waals surface area contributed by atoms with Gasteiger partial charge in [0.15, 0.2) is 0 Å². The van der Waals surface area contributed by atoms with E-state index < -0.39 is 0 Å². The lowest BCUT2D eigenvalue weighted by molar-refractivity contribution is -0.118. The summed E-state index contributed by atoms with van der Waals surface area (Å²) in [4.78, 5) is 24.0. The SMILES string of the molecule is C=C(C)C(=O)NC(C)N1CCNC1=O. The van der Waals surface area contributed by atoms with Crippen molar-refractivity contribution < 1.29 is 9.59 Å². The molecule has 14 heavy (non-hydrogen) atoms. The fourth-order valence-corrected chi connectivity index (χ4v) is 1.25. The molecule has 0 aromatic heterocycles. The number of amides is 3. The normalized spacial score (nSPS) is 17.6. The number of hydrogen-bond donors (Lipinski definition) is 2. The van der Waals surface area contributed by atoms with Crippen molar-refractivity contribution in [3.8, 4) is 0 Å². The third-order valence-corrected chi connectivity index (χ3v) is 2.08. The van der Waals surface area contributed by atoms with E-state index in [-0.39, 0.29) is 18.1 Å². The summed E-state index contributed by atoms with van der Waals surface area (Å²) in [5.41, 5.74) is 0.441. The molecule has 0 aliphatic carbocycles. The predicted molar refractivity (Wildman–Crippen MR) is 52.5 cm³/mol. The van der Waals surface area contributed by atoms with Gasteiger partial charge in [0.1, 0.15) is 6.17 Å². The quantitative estimate of drug-likeness (QED) is 0.628. The molecular weight excluding hydrogens is 182 g/mol. The highest BCUT2D eigenvalue weighted by molar-refractivity contribution is 5.92. The molecule has 1 heterocycles. The van der Waals surface area contributed by atoms with E-state index in [1.807, 2.05) is 0 Å². The standard InChI is InChI=1S/C9H15N3O2/c1-6(2)8(13)11-7(3)12-5-4-10-9(12)14/h7H,1,4-5H2,2-3H3,(H,10,14)(H,11,13). The van der Waals surface area contributed by atoms with E-state index >= 15 is 0 Å². The third-order valence-electron chi connectivity index (χ3n) is 2.08. The topological polar surface area (TPSA) is 61.4 Å². The van der Waals surface area contributed by atoms with Gasteiger partial charge in [0.2, 0.25) is 5.91 Å². The van der Waals surface area contributed by atoms with Gasteiger partial charge in [0.05, 0.1) is 0 Å². The third kappa shape index (κ3) is 2.25. The summed E-state index contributed by atoms with van der Waals surface area (Å²) in [6.07, 6.45) is -0.290. The van der Waals surface area contributed by atoms with Gasteiger partial charge in [-0.15, -0.1) is 0 Å². The smallest absolute Gasteiger partial charge is 0.319 e. The summed E-state index contributed by atoms with van der Waals surface area (Å²) >= 11 is 0. The number of urea groups is 1. The molecule has 0 saturated carbocycles. The highest BCUT2D eigenvalue weighted by Gasteiger charge is 2.25. The molecule has 5 heteroatoms. The molecule has 0 aromatic rings. The first-order chi connectivity index (χ1) is 6.52. The van der Waals surface area contributed by atoms with Crippen molar-refractivity contribution in [1.82, 2.24) is 15.5 Å². The van der Waals surface area contributed by atoms with Crippen molar-refractivity contribution in [2.45, 2.75) is 20.0 Å². The van der Waals surface area contributed by atoms with Crippen LogP contribution in [0.1, 0.15) is 13.8 Å². The van der Waals surface area contributed by atoms with Crippen molar-refractivity contribution in [3.63, 3.8) is 0 Å². The summed E-state index contributed by atoms with van der Waals surface area (Å²) in [6.45, 7) is 8.18. The Labute approximate surface area is 83.1 Å². The maximum atomic E-state index is 11.2. The summed E-state index contributed by atoms with van der Waals surface area (Å²) in [5, 5.41) is 5.34. The maximum absolute atomic E-state index is 11.2. The molecular formula is C9H15N3O2. The van der Waals surface area contributed by atoms with Gasteiger partial charge in [-0.2, -0.15) is 0 Å². The molecule has 5 nitrogen and oxygen atoms in total. The first-order valence-corrected chi connectivity index (χ1v) is 4.53. The maximum Gasteiger partial charge on any atom is 0.319 e. The van der Waals surface area contributed by atoms with Gasteiger partial charge in [0.25, 0.3) is 0 Å². The van der Waals surface area contributed by atoms with Gasteiger partial charge in [0, 0.05) is 18.7 Å². The number of nitrogens with zero attached hydrogens (tertiary/aromatic N) is 1. The van der Waals surface area contributed by atoms with Crippen LogP contribution < -0.4 is 10.6 Å². The van der Waals surface area contributed by atoms with Gasteiger partial charge in [-0.25, -0.2) is 4.79 Å². The van der Waals surface area contributed by atoms with Gasteiger partial charge in [-0.05, 0) is 13.8 Å². The predicted octanol–water partition coefficient (Wildman–Crippen LogP) is 0.0499. The number of carbonyl (C=O) groups is 2. The van der Waals surface area contributed by atoms with Crippen LogP contribution >= 0.6 is 0 Å². The Morgan fingerprint density at radius 3 is 2.79 bits per heavy atom. The molecule has 1 aliphatic rings. The lowest BCUT2D eigenvalue weighted by Crippen LogP contribution is -2.47. The van der Waals surface area contributed by atoms with Crippen LogP contribution in [0.3, 0.4) is 0 Å². The molecule has 2 N–H and O–H groups in total. The molecule has 1 unspecified atom stereocenters. The second-order valence-electron chi connectivity index (χ2n) is 3.36. The highest BCUT2D eigenvalue weighted by Crippen LogP contribution is 2.02. The van der Waals surface area contributed by atoms with Crippen LogP contribution in [-0.2, 0) is 4.79 Å². The number of nitrogens with one attached hydrogen (secondary N) is 2. The zero-order chi connectivity index (χ0) is 10.7. The lowest BCUT2D eigenvalue weighted by Gasteiger charge is -2.23. The second-order valence-corrected chi connectivity index (χ2v) is 3.36. The van der Waals surface area contributed by atoms with Crippen LogP contribution in [0.2, 0.25) is 0 Å². The van der Waals surface area contributed by atoms with Gasteiger partial charge >= 0.3 is 6.03 Å². The van der Waals surface area contributed by atoms with Gasteiger partial charge < -0.3 is 15.5 Å². The fraction of sp³-hybridized carbons (Fsp3) is 0.556. The molecule has 3 amide bonds. The molecule has 0 bridgehead atoms. The summed E-state index contributed by atoms with van der Waals surface area (Å²) in [7, 11) is 0. The van der Waals surface area contributed by atoms with Gasteiger partial charge in [-0.1, -0.05) is 6.58 Å². The van der Waals surface area contributed by atoms with Crippen molar-refractivity contribution in [2.75, 3.05) is 13.1 Å². The average Bonchev–Trinajstić information content (AvgIpc) is 2.51. The van der Waals surface area contributed by atoms with Crippen LogP contribution in [0.25, 0.3) is 0 Å². The summed E-state index contributed by atoms with van der Waals surface area (Å²) in [6, 6.07) is -0.139. The van der Waals surface area contributed by atoms with E-state index in [9.17, 15) is 9.59 Å². The molecule has 0 radical (unpaired) electrons. The Hall–Kier alpha value is -1.52. The number of hydrogen-bond acceptors (Lipinski definition) is 2. The first kappa shape index (κ1) is 10.6. The Bertz CT molecular complexity index is 275. The van der Waals surface area contributed by atoms with Crippen LogP contribution in [0, 0.1) is 0 Å². The minimum Gasteiger partial charge on any atom is -0.336 e. The molecule has 1 fully saturated rings. The van der Waals surface area contributed by atoms with E-state index in [4.69, 9.17) is 0 Å². The van der Waals surface area contributed by atoms with E-state index in [0.29, 0.717) is 18.7 Å². The van der Waals surface area contributed by atoms with Crippen molar-refractivity contribution >= 4 is 11.9 Å². The zero-order valence-corrected chi connectivity index (χ0v) is 8.46. The molecule has 0 aromatic carbocycles. The molecule has 78 valence electrons. The van der Waals surface area contributed by atoms with Crippen LogP contribution in [-0.4, -0.2) is 36.1 Å². The van der Waals surface area contributed by atoms with E-state index in [1.165, 1.54) is 0 Å². The highest BCUT2D eigenvalue weighted by atomic mass is 16.2. The van der Waals surface area contributed by atoms with Crippen molar-refractivity contribution in [2.24, 2.45) is 0 Å². The Balaban J connectivity index is 2.49. The molecule has 1 rings (SSSR count). The van der Waals surface area contributed by atoms with Crippen LogP contribution in [0.15, 0.2) is 12.2 Å². The summed E-state index contributed by atoms with van der Waals surface area (Å²) < 4.78 is 0. The largest absolute Gasteiger partial charge is 0.336 e. The molecule has 1 atom stereocenters. The monoisotopic (exact) mass is 197 g/mol. The number of carbonyl (C=O) groups excluding carboxylic acids is 2. The Morgan fingerprint density at radius 1 is 1.71 bits per heavy atom. The van der Waals surface area contributed by atoms with Crippen molar-refractivity contribution in [1.29, 1.82) is 0 Å². The van der Waals surface area contributed by atoms with E-state index in [2.05, 4.69) is 17.2 Å². The first-order valence-electron chi connectivity index (χ1n) is 4.53. The Morgan fingerprint density at radius 2 is 2.36 bits per heavy atom. The fourth-order valence-electron chi connectivity index (χ4n) is 1.25. The lowest BCUT2D eigenvalue weighted by atomic mass is 10.3.